The number of ether oxygens (including phenoxy) is 2. The number of anilines is 3. The van der Waals surface area contributed by atoms with Crippen LogP contribution in [0.2, 0.25) is 0 Å². The molecule has 3 heteroatoms. The molecule has 0 aromatic heterocycles. The van der Waals surface area contributed by atoms with Gasteiger partial charge in [-0.25, -0.2) is 0 Å². The maximum atomic E-state index is 6.77. The summed E-state index contributed by atoms with van der Waals surface area (Å²) in [6.07, 6.45) is 0. The lowest BCUT2D eigenvalue weighted by Gasteiger charge is -2.40. The molecule has 0 saturated heterocycles. The van der Waals surface area contributed by atoms with Crippen molar-refractivity contribution in [3.63, 3.8) is 0 Å². The molecule has 358 valence electrons. The molecule has 2 spiro atoms. The van der Waals surface area contributed by atoms with Gasteiger partial charge in [0.05, 0.1) is 10.8 Å². The summed E-state index contributed by atoms with van der Waals surface area (Å²) >= 11 is 0. The van der Waals surface area contributed by atoms with Gasteiger partial charge in [-0.1, -0.05) is 206 Å². The van der Waals surface area contributed by atoms with Gasteiger partial charge in [0, 0.05) is 39.3 Å². The van der Waals surface area contributed by atoms with E-state index in [-0.39, 0.29) is 0 Å². The molecule has 0 atom stereocenters. The Kier molecular flexibility index (Phi) is 8.69. The van der Waals surface area contributed by atoms with Gasteiger partial charge in [0.1, 0.15) is 23.0 Å². The Labute approximate surface area is 446 Å². The molecule has 0 bridgehead atoms. The van der Waals surface area contributed by atoms with Gasteiger partial charge in [0.25, 0.3) is 0 Å². The molecule has 3 nitrogen and oxygen atoms in total. The van der Waals surface area contributed by atoms with E-state index in [1.807, 2.05) is 0 Å². The number of nitrogens with zero attached hydrogens (tertiary/aromatic N) is 1. The van der Waals surface area contributed by atoms with Crippen molar-refractivity contribution in [1.82, 2.24) is 0 Å². The summed E-state index contributed by atoms with van der Waals surface area (Å²) in [5.41, 5.74) is 18.8. The summed E-state index contributed by atoms with van der Waals surface area (Å²) in [6, 6.07) is 101. The van der Waals surface area contributed by atoms with E-state index in [1.165, 1.54) is 82.4 Å². The highest BCUT2D eigenvalue weighted by Gasteiger charge is 2.53. The SMILES string of the molecule is c1ccc2c(c1)Oc1ccccc1C21c2ccccc2-c2cc(N(c3ccc(-c4ccc5c6ccccc6c6ccccc6c5c4)cc3)c3ccc4c(c3)C3(c5ccccc5Oc5ccccc53)c3ccccc3-4)ccc21. The zero-order valence-electron chi connectivity index (χ0n) is 41.7. The lowest BCUT2D eigenvalue weighted by Crippen LogP contribution is -2.32. The van der Waals surface area contributed by atoms with E-state index in [2.05, 4.69) is 278 Å². The van der Waals surface area contributed by atoms with Crippen LogP contribution in [0.4, 0.5) is 17.1 Å². The van der Waals surface area contributed by atoms with Crippen molar-refractivity contribution >= 4 is 49.4 Å². The van der Waals surface area contributed by atoms with E-state index in [9.17, 15) is 0 Å². The Balaban J connectivity index is 0.891. The molecule has 4 aliphatic rings. The highest BCUT2D eigenvalue weighted by molar-refractivity contribution is 6.25. The smallest absolute Gasteiger partial charge is 0.132 e. The fourth-order valence-electron chi connectivity index (χ4n) is 14.3. The van der Waals surface area contributed by atoms with Crippen LogP contribution >= 0.6 is 0 Å². The Morgan fingerprint density at radius 3 is 1.13 bits per heavy atom. The van der Waals surface area contributed by atoms with Gasteiger partial charge in [0.15, 0.2) is 0 Å². The Morgan fingerprint density at radius 1 is 0.221 bits per heavy atom. The molecule has 2 heterocycles. The lowest BCUT2D eigenvalue weighted by atomic mass is 9.66. The molecule has 77 heavy (non-hydrogen) atoms. The van der Waals surface area contributed by atoms with Gasteiger partial charge >= 0.3 is 0 Å². The highest BCUT2D eigenvalue weighted by atomic mass is 16.5. The summed E-state index contributed by atoms with van der Waals surface area (Å²) < 4.78 is 13.5. The average Bonchev–Trinajstić information content (AvgIpc) is 4.13. The van der Waals surface area contributed by atoms with Crippen LogP contribution in [0.5, 0.6) is 23.0 Å². The molecule has 13 aromatic carbocycles. The van der Waals surface area contributed by atoms with E-state index in [0.29, 0.717) is 0 Å². The third-order valence-corrected chi connectivity index (χ3v) is 17.4. The van der Waals surface area contributed by atoms with Crippen LogP contribution < -0.4 is 14.4 Å². The third kappa shape index (κ3) is 5.64. The van der Waals surface area contributed by atoms with Crippen molar-refractivity contribution in [2.45, 2.75) is 10.8 Å². The van der Waals surface area contributed by atoms with Gasteiger partial charge in [-0.15, -0.1) is 0 Å². The summed E-state index contributed by atoms with van der Waals surface area (Å²) in [5.74, 6) is 3.53. The molecule has 17 rings (SSSR count). The van der Waals surface area contributed by atoms with Gasteiger partial charge in [0.2, 0.25) is 0 Å². The quantitative estimate of drug-likeness (QED) is 0.164. The van der Waals surface area contributed by atoms with Crippen LogP contribution in [-0.2, 0) is 10.8 Å². The van der Waals surface area contributed by atoms with Crippen LogP contribution in [0.1, 0.15) is 44.5 Å². The fourth-order valence-corrected chi connectivity index (χ4v) is 14.3. The number of rotatable bonds is 4. The maximum Gasteiger partial charge on any atom is 0.132 e. The standard InChI is InChI=1S/C74H45NO2/c1-2-19-53-51(17-1)52-18-3-4-20-54(52)59-43-47(35-40-55(53)59)46-33-36-48(37-34-46)75(49-39-42-63-60(44-49)57-22-6-8-24-62(57)73(63)64-25-9-13-29-69(64)76-70-30-14-10-26-65(70)73)50-38-41-58-56-21-5-7-23-61(56)74(68(58)45-50)66-27-11-15-31-71(66)77-72-32-16-12-28-67(72)74/h1-45H. The van der Waals surface area contributed by atoms with E-state index < -0.39 is 10.8 Å². The predicted molar refractivity (Wildman–Crippen MR) is 314 cm³/mol. The number of benzene rings is 13. The molecule has 0 radical (unpaired) electrons. The molecule has 13 aromatic rings. The average molecular weight is 980 g/mol. The van der Waals surface area contributed by atoms with Crippen LogP contribution in [0.3, 0.4) is 0 Å². The molecule has 0 amide bonds. The van der Waals surface area contributed by atoms with Gasteiger partial charge in [-0.05, 0) is 155 Å². The van der Waals surface area contributed by atoms with Gasteiger partial charge in [-0.3, -0.25) is 0 Å². The molecule has 2 aliphatic heterocycles. The first kappa shape index (κ1) is 42.4. The molecular weight excluding hydrogens is 935 g/mol. The Hall–Kier alpha value is -9.96. The summed E-state index contributed by atoms with van der Waals surface area (Å²) in [4.78, 5) is 2.47. The number of hydrogen-bond acceptors (Lipinski definition) is 3. The second-order valence-electron chi connectivity index (χ2n) is 21.0. The Morgan fingerprint density at radius 2 is 0.584 bits per heavy atom. The number of para-hydroxylation sites is 4. The van der Waals surface area contributed by atoms with Crippen LogP contribution in [0.25, 0.3) is 65.7 Å². The van der Waals surface area contributed by atoms with Crippen molar-refractivity contribution in [3.05, 3.63) is 317 Å². The molecule has 0 unspecified atom stereocenters. The Bertz CT molecular complexity index is 4540. The maximum absolute atomic E-state index is 6.77. The van der Waals surface area contributed by atoms with E-state index in [1.54, 1.807) is 0 Å². The summed E-state index contributed by atoms with van der Waals surface area (Å²) in [6.45, 7) is 0. The van der Waals surface area contributed by atoms with Gasteiger partial charge in [-0.2, -0.15) is 0 Å². The minimum Gasteiger partial charge on any atom is -0.457 e. The van der Waals surface area contributed by atoms with Crippen LogP contribution in [-0.4, -0.2) is 0 Å². The van der Waals surface area contributed by atoms with E-state index >= 15 is 0 Å². The van der Waals surface area contributed by atoms with E-state index in [0.717, 1.165) is 67.9 Å². The largest absolute Gasteiger partial charge is 0.457 e. The second kappa shape index (κ2) is 15.8. The number of hydrogen-bond donors (Lipinski definition) is 0. The zero-order chi connectivity index (χ0) is 50.4. The summed E-state index contributed by atoms with van der Waals surface area (Å²) in [5, 5.41) is 7.64. The molecule has 0 saturated carbocycles. The van der Waals surface area contributed by atoms with Crippen LogP contribution in [0, 0.1) is 0 Å². The highest BCUT2D eigenvalue weighted by Crippen LogP contribution is 2.65. The molecule has 0 N–H and O–H groups in total. The predicted octanol–water partition coefficient (Wildman–Crippen LogP) is 19.2. The van der Waals surface area contributed by atoms with Crippen LogP contribution in [0.15, 0.2) is 273 Å². The third-order valence-electron chi connectivity index (χ3n) is 17.4. The second-order valence-corrected chi connectivity index (χ2v) is 21.0. The fraction of sp³-hybridized carbons (Fsp3) is 0.0270. The molecule has 0 fully saturated rings. The monoisotopic (exact) mass is 979 g/mol. The van der Waals surface area contributed by atoms with Crippen molar-refractivity contribution in [1.29, 1.82) is 0 Å². The summed E-state index contributed by atoms with van der Waals surface area (Å²) in [7, 11) is 0. The molecular formula is C74H45NO2. The van der Waals surface area contributed by atoms with Crippen molar-refractivity contribution in [2.75, 3.05) is 4.90 Å². The number of fused-ring (bicyclic) bond motifs is 24. The van der Waals surface area contributed by atoms with Crippen molar-refractivity contribution in [2.24, 2.45) is 0 Å². The minimum absolute atomic E-state index is 0.574. The van der Waals surface area contributed by atoms with Crippen molar-refractivity contribution < 1.29 is 9.47 Å². The normalized spacial score (nSPS) is 14.1. The first-order valence-corrected chi connectivity index (χ1v) is 26.6. The lowest BCUT2D eigenvalue weighted by molar-refractivity contribution is 0.436. The first-order chi connectivity index (χ1) is 38.2. The van der Waals surface area contributed by atoms with E-state index in [4.69, 9.17) is 9.47 Å². The van der Waals surface area contributed by atoms with Gasteiger partial charge < -0.3 is 14.4 Å². The topological polar surface area (TPSA) is 21.7 Å². The molecule has 2 aliphatic carbocycles. The first-order valence-electron chi connectivity index (χ1n) is 26.6. The minimum atomic E-state index is -0.623. The van der Waals surface area contributed by atoms with Crippen molar-refractivity contribution in [3.8, 4) is 56.4 Å². The zero-order valence-corrected chi connectivity index (χ0v) is 41.7.